The van der Waals surface area contributed by atoms with E-state index in [4.69, 9.17) is 0 Å². The fraction of sp³-hybridized carbons (Fsp3) is 0.111. The third-order valence-corrected chi connectivity index (χ3v) is 2.11. The highest BCUT2D eigenvalue weighted by atomic mass is 79.9. The molecule has 0 aromatic carbocycles. The normalized spacial score (nSPS) is 10.5. The van der Waals surface area contributed by atoms with Crippen LogP contribution in [0.2, 0.25) is 0 Å². The summed E-state index contributed by atoms with van der Waals surface area (Å²) in [5.74, 6) is 0. The van der Waals surface area contributed by atoms with Crippen molar-refractivity contribution >= 4 is 26.8 Å². The summed E-state index contributed by atoms with van der Waals surface area (Å²) in [6.07, 6.45) is 1.81. The summed E-state index contributed by atoms with van der Waals surface area (Å²) in [5.41, 5.74) is 2.01. The molecule has 2 nitrogen and oxygen atoms in total. The zero-order valence-electron chi connectivity index (χ0n) is 6.58. The summed E-state index contributed by atoms with van der Waals surface area (Å²) in [4.78, 5) is 8.48. The van der Waals surface area contributed by atoms with Crippen molar-refractivity contribution in [3.63, 3.8) is 0 Å². The van der Waals surface area contributed by atoms with Crippen LogP contribution in [0.15, 0.2) is 29.0 Å². The van der Waals surface area contributed by atoms with E-state index in [1.807, 2.05) is 31.3 Å². The zero-order valence-corrected chi connectivity index (χ0v) is 8.17. The first kappa shape index (κ1) is 7.68. The highest BCUT2D eigenvalue weighted by Gasteiger charge is 1.96. The molecule has 0 atom stereocenters. The van der Waals surface area contributed by atoms with Crippen LogP contribution in [0.25, 0.3) is 10.9 Å². The van der Waals surface area contributed by atoms with Crippen LogP contribution in [-0.4, -0.2) is 9.97 Å². The van der Waals surface area contributed by atoms with Crippen molar-refractivity contribution in [2.24, 2.45) is 0 Å². The Hall–Kier alpha value is -0.960. The van der Waals surface area contributed by atoms with E-state index in [0.717, 1.165) is 21.2 Å². The monoisotopic (exact) mass is 222 g/mol. The molecule has 60 valence electrons. The minimum Gasteiger partial charge on any atom is -0.253 e. The Morgan fingerprint density at radius 3 is 3.00 bits per heavy atom. The molecule has 0 saturated heterocycles. The van der Waals surface area contributed by atoms with Gasteiger partial charge in [0.1, 0.15) is 4.60 Å². The van der Waals surface area contributed by atoms with Crippen molar-refractivity contribution in [1.82, 2.24) is 9.97 Å². The van der Waals surface area contributed by atoms with Gasteiger partial charge >= 0.3 is 0 Å². The molecule has 0 spiro atoms. The number of aromatic nitrogens is 2. The molecule has 2 aromatic rings. The van der Waals surface area contributed by atoms with Crippen molar-refractivity contribution in [2.45, 2.75) is 6.92 Å². The molecule has 0 radical (unpaired) electrons. The van der Waals surface area contributed by atoms with Gasteiger partial charge in [-0.1, -0.05) is 0 Å². The van der Waals surface area contributed by atoms with Gasteiger partial charge in [-0.2, -0.15) is 0 Å². The van der Waals surface area contributed by atoms with Gasteiger partial charge in [0, 0.05) is 17.3 Å². The van der Waals surface area contributed by atoms with E-state index in [-0.39, 0.29) is 0 Å². The van der Waals surface area contributed by atoms with Gasteiger partial charge in [0.15, 0.2) is 0 Å². The summed E-state index contributed by atoms with van der Waals surface area (Å²) in [5, 5.41) is 1.07. The van der Waals surface area contributed by atoms with E-state index in [2.05, 4.69) is 25.9 Å². The smallest absolute Gasteiger partial charge is 0.108 e. The molecule has 12 heavy (non-hydrogen) atoms. The van der Waals surface area contributed by atoms with Crippen molar-refractivity contribution < 1.29 is 0 Å². The van der Waals surface area contributed by atoms with Crippen LogP contribution in [0.1, 0.15) is 5.69 Å². The Kier molecular flexibility index (Phi) is 1.81. The molecule has 0 aliphatic heterocycles. The first-order valence-electron chi connectivity index (χ1n) is 3.64. The van der Waals surface area contributed by atoms with Crippen molar-refractivity contribution in [1.29, 1.82) is 0 Å². The SMILES string of the molecule is Cc1ccc2cnc(Br)cc2n1. The van der Waals surface area contributed by atoms with E-state index in [9.17, 15) is 0 Å². The fourth-order valence-corrected chi connectivity index (χ4v) is 1.41. The summed E-state index contributed by atoms with van der Waals surface area (Å²) >= 11 is 3.31. The maximum atomic E-state index is 4.37. The van der Waals surface area contributed by atoms with Gasteiger partial charge in [0.2, 0.25) is 0 Å². The molecule has 0 N–H and O–H groups in total. The lowest BCUT2D eigenvalue weighted by Crippen LogP contribution is -1.84. The second-order valence-electron chi connectivity index (χ2n) is 2.65. The fourth-order valence-electron chi connectivity index (χ4n) is 1.09. The van der Waals surface area contributed by atoms with E-state index in [1.54, 1.807) is 0 Å². The van der Waals surface area contributed by atoms with Gasteiger partial charge in [-0.3, -0.25) is 4.98 Å². The Bertz CT molecular complexity index is 389. The van der Waals surface area contributed by atoms with E-state index >= 15 is 0 Å². The Morgan fingerprint density at radius 2 is 2.17 bits per heavy atom. The molecule has 3 heteroatoms. The molecule has 2 heterocycles. The average Bonchev–Trinajstić information content (AvgIpc) is 2.03. The first-order valence-corrected chi connectivity index (χ1v) is 4.44. The Labute approximate surface area is 78.8 Å². The number of aryl methyl sites for hydroxylation is 1. The van der Waals surface area contributed by atoms with Crippen molar-refractivity contribution in [2.75, 3.05) is 0 Å². The first-order chi connectivity index (χ1) is 5.75. The van der Waals surface area contributed by atoms with Gasteiger partial charge in [-0.05, 0) is 41.1 Å². The standard InChI is InChI=1S/C9H7BrN2/c1-6-2-3-7-5-11-9(10)4-8(7)12-6/h2-5H,1H3. The number of rotatable bonds is 0. The van der Waals surface area contributed by atoms with E-state index in [0.29, 0.717) is 0 Å². The van der Waals surface area contributed by atoms with Gasteiger partial charge in [0.05, 0.1) is 5.52 Å². The Balaban J connectivity index is 2.80. The van der Waals surface area contributed by atoms with Crippen molar-refractivity contribution in [3.05, 3.63) is 34.7 Å². The second-order valence-corrected chi connectivity index (χ2v) is 3.46. The number of pyridine rings is 2. The number of nitrogens with zero attached hydrogens (tertiary/aromatic N) is 2. The number of halogens is 1. The van der Waals surface area contributed by atoms with Crippen molar-refractivity contribution in [3.8, 4) is 0 Å². The molecular weight excluding hydrogens is 216 g/mol. The maximum absolute atomic E-state index is 4.37. The highest BCUT2D eigenvalue weighted by molar-refractivity contribution is 9.10. The van der Waals surface area contributed by atoms with Crippen LogP contribution in [0.4, 0.5) is 0 Å². The lowest BCUT2D eigenvalue weighted by molar-refractivity contribution is 1.23. The molecule has 0 fully saturated rings. The van der Waals surface area contributed by atoms with Crippen LogP contribution in [0.3, 0.4) is 0 Å². The van der Waals surface area contributed by atoms with Crippen LogP contribution in [0.5, 0.6) is 0 Å². The van der Waals surface area contributed by atoms with Gasteiger partial charge < -0.3 is 0 Å². The second kappa shape index (κ2) is 2.83. The molecule has 0 amide bonds. The van der Waals surface area contributed by atoms with Crippen LogP contribution < -0.4 is 0 Å². The van der Waals surface area contributed by atoms with Crippen LogP contribution >= 0.6 is 15.9 Å². The zero-order chi connectivity index (χ0) is 8.55. The number of hydrogen-bond donors (Lipinski definition) is 0. The molecule has 0 unspecified atom stereocenters. The summed E-state index contributed by atoms with van der Waals surface area (Å²) in [7, 11) is 0. The summed E-state index contributed by atoms with van der Waals surface area (Å²) < 4.78 is 0.827. The molecule has 2 rings (SSSR count). The minimum atomic E-state index is 0.827. The topological polar surface area (TPSA) is 25.8 Å². The highest BCUT2D eigenvalue weighted by Crippen LogP contribution is 2.15. The predicted molar refractivity (Wildman–Crippen MR) is 52.0 cm³/mol. The maximum Gasteiger partial charge on any atom is 0.108 e. The molecule has 0 bridgehead atoms. The van der Waals surface area contributed by atoms with Gasteiger partial charge in [-0.25, -0.2) is 4.98 Å². The van der Waals surface area contributed by atoms with E-state index in [1.165, 1.54) is 0 Å². The lowest BCUT2D eigenvalue weighted by Gasteiger charge is -1.97. The minimum absolute atomic E-state index is 0.827. The number of fused-ring (bicyclic) bond motifs is 1. The number of hydrogen-bond acceptors (Lipinski definition) is 2. The Morgan fingerprint density at radius 1 is 1.33 bits per heavy atom. The summed E-state index contributed by atoms with van der Waals surface area (Å²) in [6, 6.07) is 5.93. The third-order valence-electron chi connectivity index (χ3n) is 1.68. The molecule has 0 aliphatic rings. The van der Waals surface area contributed by atoms with Crippen LogP contribution in [0, 0.1) is 6.92 Å². The van der Waals surface area contributed by atoms with Gasteiger partial charge in [-0.15, -0.1) is 0 Å². The van der Waals surface area contributed by atoms with Crippen LogP contribution in [-0.2, 0) is 0 Å². The largest absolute Gasteiger partial charge is 0.253 e. The quantitative estimate of drug-likeness (QED) is 0.641. The molecule has 0 aliphatic carbocycles. The molecule has 0 saturated carbocycles. The third kappa shape index (κ3) is 1.32. The molecule has 2 aromatic heterocycles. The molecular formula is C9H7BrN2. The summed E-state index contributed by atoms with van der Waals surface area (Å²) in [6.45, 7) is 1.98. The lowest BCUT2D eigenvalue weighted by atomic mass is 10.2. The van der Waals surface area contributed by atoms with Gasteiger partial charge in [0.25, 0.3) is 0 Å². The predicted octanol–water partition coefficient (Wildman–Crippen LogP) is 2.70. The van der Waals surface area contributed by atoms with E-state index < -0.39 is 0 Å². The average molecular weight is 223 g/mol.